The van der Waals surface area contributed by atoms with Crippen LogP contribution in [-0.2, 0) is 0 Å². The summed E-state index contributed by atoms with van der Waals surface area (Å²) in [5.74, 6) is 1.00. The number of nitrogens with two attached hydrogens (primary N) is 1. The third-order valence-corrected chi connectivity index (χ3v) is 1.81. The average molecular weight is 202 g/mol. The lowest BCUT2D eigenvalue weighted by atomic mass is 10.3. The van der Waals surface area contributed by atoms with Gasteiger partial charge in [-0.15, -0.1) is 0 Å². The normalized spacial score (nSPS) is 9.93. The minimum Gasteiger partial charge on any atom is -0.422 e. The van der Waals surface area contributed by atoms with Crippen LogP contribution in [0.25, 0.3) is 0 Å². The summed E-state index contributed by atoms with van der Waals surface area (Å²) in [6.07, 6.45) is 3.24. The van der Waals surface area contributed by atoms with Gasteiger partial charge in [0.25, 0.3) is 0 Å². The van der Waals surface area contributed by atoms with Crippen molar-refractivity contribution in [3.63, 3.8) is 0 Å². The summed E-state index contributed by atoms with van der Waals surface area (Å²) in [7, 11) is 0. The molecule has 0 spiro atoms. The molecule has 2 heterocycles. The number of pyridine rings is 1. The van der Waals surface area contributed by atoms with Crippen LogP contribution in [0.15, 0.2) is 30.6 Å². The first-order chi connectivity index (χ1) is 7.25. The molecule has 0 unspecified atom stereocenters. The zero-order valence-electron chi connectivity index (χ0n) is 8.21. The van der Waals surface area contributed by atoms with Gasteiger partial charge in [0.05, 0.1) is 5.69 Å². The Balaban J connectivity index is 2.26. The van der Waals surface area contributed by atoms with Crippen molar-refractivity contribution in [2.24, 2.45) is 0 Å². The van der Waals surface area contributed by atoms with Gasteiger partial charge in [-0.3, -0.25) is 4.98 Å². The summed E-state index contributed by atoms with van der Waals surface area (Å²) in [6.45, 7) is 1.85. The lowest BCUT2D eigenvalue weighted by molar-refractivity contribution is 0.437. The van der Waals surface area contributed by atoms with E-state index in [1.807, 2.05) is 6.92 Å². The van der Waals surface area contributed by atoms with Crippen LogP contribution in [0.5, 0.6) is 11.8 Å². The number of nitrogens with zero attached hydrogens (tertiary/aromatic N) is 3. The second kappa shape index (κ2) is 3.91. The maximum atomic E-state index is 5.50. The van der Waals surface area contributed by atoms with Crippen LogP contribution in [0.3, 0.4) is 0 Å². The maximum Gasteiger partial charge on any atom is 0.323 e. The van der Waals surface area contributed by atoms with Gasteiger partial charge < -0.3 is 10.5 Å². The monoisotopic (exact) mass is 202 g/mol. The van der Waals surface area contributed by atoms with Crippen LogP contribution in [0.2, 0.25) is 0 Å². The number of rotatable bonds is 2. The molecular formula is C10H10N4O. The SMILES string of the molecule is Cc1ncccc1Oc1nccc(N)n1. The van der Waals surface area contributed by atoms with Crippen LogP contribution in [0.1, 0.15) is 5.69 Å². The number of nitrogen functional groups attached to an aromatic ring is 1. The zero-order valence-corrected chi connectivity index (χ0v) is 8.21. The van der Waals surface area contributed by atoms with Gasteiger partial charge in [0.15, 0.2) is 5.75 Å². The van der Waals surface area contributed by atoms with Crippen molar-refractivity contribution in [3.8, 4) is 11.8 Å². The Kier molecular flexibility index (Phi) is 2.45. The number of hydrogen-bond donors (Lipinski definition) is 1. The fourth-order valence-electron chi connectivity index (χ4n) is 1.08. The molecule has 0 aromatic carbocycles. The second-order valence-corrected chi connectivity index (χ2v) is 2.95. The van der Waals surface area contributed by atoms with E-state index in [0.29, 0.717) is 11.6 Å². The van der Waals surface area contributed by atoms with Crippen molar-refractivity contribution >= 4 is 5.82 Å². The highest BCUT2D eigenvalue weighted by Gasteiger charge is 2.03. The molecule has 0 bridgehead atoms. The molecule has 76 valence electrons. The molecule has 0 aliphatic heterocycles. The molecule has 2 N–H and O–H groups in total. The minimum absolute atomic E-state index is 0.228. The van der Waals surface area contributed by atoms with Crippen LogP contribution in [0, 0.1) is 6.92 Å². The molecule has 5 nitrogen and oxygen atoms in total. The Bertz CT molecular complexity index is 472. The van der Waals surface area contributed by atoms with Crippen molar-refractivity contribution in [1.82, 2.24) is 15.0 Å². The highest BCUT2D eigenvalue weighted by molar-refractivity contribution is 5.31. The fourth-order valence-corrected chi connectivity index (χ4v) is 1.08. The standard InChI is InChI=1S/C10H10N4O/c1-7-8(3-2-5-12-7)15-10-13-6-4-9(11)14-10/h2-6H,1H3,(H2,11,13,14). The molecule has 0 amide bonds. The molecule has 0 fully saturated rings. The van der Waals surface area contributed by atoms with Crippen molar-refractivity contribution in [1.29, 1.82) is 0 Å². The molecule has 2 aromatic rings. The van der Waals surface area contributed by atoms with Crippen LogP contribution in [-0.4, -0.2) is 15.0 Å². The van der Waals surface area contributed by atoms with Gasteiger partial charge in [0.2, 0.25) is 0 Å². The van der Waals surface area contributed by atoms with E-state index in [2.05, 4.69) is 15.0 Å². The zero-order chi connectivity index (χ0) is 10.7. The Morgan fingerprint density at radius 3 is 2.80 bits per heavy atom. The van der Waals surface area contributed by atoms with Gasteiger partial charge >= 0.3 is 6.01 Å². The van der Waals surface area contributed by atoms with Crippen molar-refractivity contribution in [3.05, 3.63) is 36.3 Å². The van der Waals surface area contributed by atoms with Crippen molar-refractivity contribution in [2.75, 3.05) is 5.73 Å². The first-order valence-corrected chi connectivity index (χ1v) is 4.44. The van der Waals surface area contributed by atoms with E-state index >= 15 is 0 Å². The summed E-state index contributed by atoms with van der Waals surface area (Å²) in [5, 5.41) is 0. The number of aryl methyl sites for hydroxylation is 1. The average Bonchev–Trinajstić information content (AvgIpc) is 2.22. The Labute approximate surface area is 87.0 Å². The smallest absolute Gasteiger partial charge is 0.323 e. The summed E-state index contributed by atoms with van der Waals surface area (Å²) in [5.41, 5.74) is 6.28. The molecule has 0 aliphatic rings. The van der Waals surface area contributed by atoms with Crippen molar-refractivity contribution < 1.29 is 4.74 Å². The van der Waals surface area contributed by atoms with Gasteiger partial charge in [-0.05, 0) is 25.1 Å². The van der Waals surface area contributed by atoms with Gasteiger partial charge in [-0.1, -0.05) is 0 Å². The Hall–Kier alpha value is -2.17. The first kappa shape index (κ1) is 9.39. The molecule has 0 radical (unpaired) electrons. The van der Waals surface area contributed by atoms with E-state index in [-0.39, 0.29) is 6.01 Å². The number of hydrogen-bond acceptors (Lipinski definition) is 5. The van der Waals surface area contributed by atoms with E-state index in [1.165, 1.54) is 0 Å². The first-order valence-electron chi connectivity index (χ1n) is 4.44. The quantitative estimate of drug-likeness (QED) is 0.799. The summed E-state index contributed by atoms with van der Waals surface area (Å²) < 4.78 is 5.43. The van der Waals surface area contributed by atoms with Crippen LogP contribution >= 0.6 is 0 Å². The molecule has 2 rings (SSSR count). The second-order valence-electron chi connectivity index (χ2n) is 2.95. The molecular weight excluding hydrogens is 192 g/mol. The van der Waals surface area contributed by atoms with E-state index in [9.17, 15) is 0 Å². The molecule has 0 aliphatic carbocycles. The summed E-state index contributed by atoms with van der Waals surface area (Å²) in [6, 6.07) is 5.41. The molecule has 0 saturated heterocycles. The van der Waals surface area contributed by atoms with Gasteiger partial charge in [-0.25, -0.2) is 4.98 Å². The van der Waals surface area contributed by atoms with E-state index in [1.54, 1.807) is 30.6 Å². The molecule has 15 heavy (non-hydrogen) atoms. The number of anilines is 1. The van der Waals surface area contributed by atoms with Gasteiger partial charge in [-0.2, -0.15) is 4.98 Å². The maximum absolute atomic E-state index is 5.50. The highest BCUT2D eigenvalue weighted by Crippen LogP contribution is 2.19. The predicted molar refractivity (Wildman–Crippen MR) is 55.5 cm³/mol. The van der Waals surface area contributed by atoms with E-state index in [4.69, 9.17) is 10.5 Å². The molecule has 0 saturated carbocycles. The topological polar surface area (TPSA) is 73.9 Å². The van der Waals surface area contributed by atoms with E-state index < -0.39 is 0 Å². The predicted octanol–water partition coefficient (Wildman–Crippen LogP) is 1.55. The third-order valence-electron chi connectivity index (χ3n) is 1.81. The van der Waals surface area contributed by atoms with Crippen LogP contribution in [0.4, 0.5) is 5.82 Å². The van der Waals surface area contributed by atoms with Gasteiger partial charge in [0.1, 0.15) is 5.82 Å². The van der Waals surface area contributed by atoms with E-state index in [0.717, 1.165) is 5.69 Å². The lowest BCUT2D eigenvalue weighted by Crippen LogP contribution is -1.97. The molecule has 0 atom stereocenters. The number of aromatic nitrogens is 3. The minimum atomic E-state index is 0.228. The Morgan fingerprint density at radius 2 is 2.07 bits per heavy atom. The van der Waals surface area contributed by atoms with Gasteiger partial charge in [0, 0.05) is 12.4 Å². The molecule has 5 heteroatoms. The highest BCUT2D eigenvalue weighted by atomic mass is 16.5. The fraction of sp³-hybridized carbons (Fsp3) is 0.100. The summed E-state index contributed by atoms with van der Waals surface area (Å²) >= 11 is 0. The molecule has 2 aromatic heterocycles. The largest absolute Gasteiger partial charge is 0.422 e. The third kappa shape index (κ3) is 2.19. The Morgan fingerprint density at radius 1 is 1.20 bits per heavy atom. The van der Waals surface area contributed by atoms with Crippen LogP contribution < -0.4 is 10.5 Å². The number of ether oxygens (including phenoxy) is 1. The lowest BCUT2D eigenvalue weighted by Gasteiger charge is -2.05. The van der Waals surface area contributed by atoms with Crippen molar-refractivity contribution in [2.45, 2.75) is 6.92 Å². The summed E-state index contributed by atoms with van der Waals surface area (Å²) in [4.78, 5) is 11.9.